The quantitative estimate of drug-likeness (QED) is 0.865. The third-order valence-corrected chi connectivity index (χ3v) is 2.32. The van der Waals surface area contributed by atoms with Gasteiger partial charge in [-0.2, -0.15) is 0 Å². The molecule has 2 rings (SSSR count). The highest BCUT2D eigenvalue weighted by atomic mass is 19.2. The fourth-order valence-electron chi connectivity index (χ4n) is 1.59. The smallest absolute Gasteiger partial charge is 0.166 e. The molecule has 0 unspecified atom stereocenters. The van der Waals surface area contributed by atoms with Gasteiger partial charge in [-0.15, -0.1) is 0 Å². The van der Waals surface area contributed by atoms with Crippen LogP contribution in [0.2, 0.25) is 0 Å². The Morgan fingerprint density at radius 2 is 2.00 bits per heavy atom. The summed E-state index contributed by atoms with van der Waals surface area (Å²) in [5, 5.41) is 2.90. The van der Waals surface area contributed by atoms with Crippen LogP contribution in [-0.2, 0) is 6.54 Å². The van der Waals surface area contributed by atoms with E-state index in [4.69, 9.17) is 4.42 Å². The highest BCUT2D eigenvalue weighted by molar-refractivity contribution is 5.66. The molecular weight excluding hydrogens is 212 g/mol. The Balaban J connectivity index is 2.50. The first kappa shape index (κ1) is 10.8. The van der Waals surface area contributed by atoms with Gasteiger partial charge in [0.15, 0.2) is 11.6 Å². The van der Waals surface area contributed by atoms with E-state index in [-0.39, 0.29) is 5.56 Å². The number of nitrogens with one attached hydrogen (secondary N) is 1. The highest BCUT2D eigenvalue weighted by Gasteiger charge is 2.14. The summed E-state index contributed by atoms with van der Waals surface area (Å²) in [6, 6.07) is 5.73. The van der Waals surface area contributed by atoms with Crippen LogP contribution in [0.3, 0.4) is 0 Å². The van der Waals surface area contributed by atoms with Gasteiger partial charge >= 0.3 is 0 Å². The summed E-state index contributed by atoms with van der Waals surface area (Å²) in [6.45, 7) is 0.471. The van der Waals surface area contributed by atoms with Gasteiger partial charge in [0, 0.05) is 11.1 Å². The maximum absolute atomic E-state index is 13.5. The van der Waals surface area contributed by atoms with Crippen molar-refractivity contribution in [3.05, 3.63) is 47.9 Å². The van der Waals surface area contributed by atoms with E-state index < -0.39 is 11.6 Å². The van der Waals surface area contributed by atoms with Crippen LogP contribution in [0.15, 0.2) is 34.9 Å². The predicted octanol–water partition coefficient (Wildman–Crippen LogP) is 2.94. The van der Waals surface area contributed by atoms with Crippen molar-refractivity contribution in [2.24, 2.45) is 0 Å². The Labute approximate surface area is 91.9 Å². The van der Waals surface area contributed by atoms with Gasteiger partial charge in [-0.3, -0.25) is 0 Å². The van der Waals surface area contributed by atoms with E-state index in [9.17, 15) is 8.78 Å². The van der Waals surface area contributed by atoms with Gasteiger partial charge in [-0.05, 0) is 19.2 Å². The average molecular weight is 223 g/mol. The van der Waals surface area contributed by atoms with Crippen molar-refractivity contribution in [2.45, 2.75) is 6.54 Å². The number of benzene rings is 1. The van der Waals surface area contributed by atoms with Gasteiger partial charge in [0.2, 0.25) is 0 Å². The van der Waals surface area contributed by atoms with Crippen LogP contribution in [0.4, 0.5) is 8.78 Å². The van der Waals surface area contributed by atoms with Crippen molar-refractivity contribution in [1.29, 1.82) is 0 Å². The molecule has 1 heterocycles. The van der Waals surface area contributed by atoms with Gasteiger partial charge in [-0.25, -0.2) is 8.78 Å². The zero-order valence-electron chi connectivity index (χ0n) is 8.76. The standard InChI is InChI=1S/C12H11F2NO/c1-15-7-11-8(5-6-16-11)9-3-2-4-10(13)12(9)14/h2-6,15H,7H2,1H3. The highest BCUT2D eigenvalue weighted by Crippen LogP contribution is 2.28. The van der Waals surface area contributed by atoms with Crippen LogP contribution >= 0.6 is 0 Å². The molecular formula is C12H11F2NO. The molecule has 0 aliphatic carbocycles. The van der Waals surface area contributed by atoms with E-state index in [1.165, 1.54) is 18.4 Å². The maximum Gasteiger partial charge on any atom is 0.166 e. The minimum Gasteiger partial charge on any atom is -0.467 e. The minimum atomic E-state index is -0.853. The normalized spacial score (nSPS) is 10.7. The van der Waals surface area contributed by atoms with Crippen molar-refractivity contribution in [2.75, 3.05) is 7.05 Å². The van der Waals surface area contributed by atoms with E-state index in [0.717, 1.165) is 6.07 Å². The Morgan fingerprint density at radius 1 is 1.19 bits per heavy atom. The van der Waals surface area contributed by atoms with E-state index in [1.807, 2.05) is 0 Å². The lowest BCUT2D eigenvalue weighted by Gasteiger charge is -2.04. The third-order valence-electron chi connectivity index (χ3n) is 2.32. The fraction of sp³-hybridized carbons (Fsp3) is 0.167. The summed E-state index contributed by atoms with van der Waals surface area (Å²) in [4.78, 5) is 0. The predicted molar refractivity (Wildman–Crippen MR) is 56.8 cm³/mol. The lowest BCUT2D eigenvalue weighted by molar-refractivity contribution is 0.494. The summed E-state index contributed by atoms with van der Waals surface area (Å²) < 4.78 is 31.8. The fourth-order valence-corrected chi connectivity index (χ4v) is 1.59. The molecule has 1 aromatic carbocycles. The molecule has 0 bridgehead atoms. The molecule has 84 valence electrons. The van der Waals surface area contributed by atoms with Gasteiger partial charge in [-0.1, -0.05) is 12.1 Å². The molecule has 0 atom stereocenters. The lowest BCUT2D eigenvalue weighted by Crippen LogP contribution is -2.05. The van der Waals surface area contributed by atoms with Crippen LogP contribution in [0.5, 0.6) is 0 Å². The van der Waals surface area contributed by atoms with Gasteiger partial charge in [0.25, 0.3) is 0 Å². The molecule has 16 heavy (non-hydrogen) atoms. The summed E-state index contributed by atoms with van der Waals surface area (Å²) in [6.07, 6.45) is 1.46. The first-order valence-corrected chi connectivity index (χ1v) is 4.89. The first-order chi connectivity index (χ1) is 7.74. The number of hydrogen-bond donors (Lipinski definition) is 1. The zero-order valence-corrected chi connectivity index (χ0v) is 8.76. The van der Waals surface area contributed by atoms with Crippen molar-refractivity contribution >= 4 is 0 Å². The molecule has 0 amide bonds. The minimum absolute atomic E-state index is 0.221. The molecule has 0 radical (unpaired) electrons. The molecule has 0 spiro atoms. The summed E-state index contributed by atoms with van der Waals surface area (Å²) >= 11 is 0. The molecule has 0 fully saturated rings. The van der Waals surface area contributed by atoms with E-state index in [0.29, 0.717) is 17.9 Å². The first-order valence-electron chi connectivity index (χ1n) is 4.89. The molecule has 0 saturated carbocycles. The molecule has 0 saturated heterocycles. The van der Waals surface area contributed by atoms with Crippen molar-refractivity contribution in [3.8, 4) is 11.1 Å². The number of rotatable bonds is 3. The van der Waals surface area contributed by atoms with Crippen molar-refractivity contribution in [3.63, 3.8) is 0 Å². The number of halogens is 2. The van der Waals surface area contributed by atoms with E-state index in [1.54, 1.807) is 13.1 Å². The van der Waals surface area contributed by atoms with Crippen LogP contribution in [0.25, 0.3) is 11.1 Å². The van der Waals surface area contributed by atoms with E-state index >= 15 is 0 Å². The second-order valence-corrected chi connectivity index (χ2v) is 3.39. The Hall–Kier alpha value is -1.68. The van der Waals surface area contributed by atoms with Crippen LogP contribution in [0, 0.1) is 11.6 Å². The molecule has 4 heteroatoms. The molecule has 0 aliphatic rings. The second kappa shape index (κ2) is 4.45. The molecule has 0 aliphatic heterocycles. The monoisotopic (exact) mass is 223 g/mol. The topological polar surface area (TPSA) is 25.2 Å². The van der Waals surface area contributed by atoms with Crippen LogP contribution in [0.1, 0.15) is 5.76 Å². The molecule has 1 aromatic heterocycles. The summed E-state index contributed by atoms with van der Waals surface area (Å²) in [5.41, 5.74) is 0.797. The zero-order chi connectivity index (χ0) is 11.5. The van der Waals surface area contributed by atoms with Gasteiger partial charge in [0.05, 0.1) is 12.8 Å². The Morgan fingerprint density at radius 3 is 2.75 bits per heavy atom. The largest absolute Gasteiger partial charge is 0.467 e. The van der Waals surface area contributed by atoms with Crippen molar-refractivity contribution < 1.29 is 13.2 Å². The molecule has 2 nitrogen and oxygen atoms in total. The average Bonchev–Trinajstić information content (AvgIpc) is 2.71. The SMILES string of the molecule is CNCc1occc1-c1cccc(F)c1F. The van der Waals surface area contributed by atoms with Gasteiger partial charge < -0.3 is 9.73 Å². The lowest BCUT2D eigenvalue weighted by atomic mass is 10.1. The molecule has 2 aromatic rings. The van der Waals surface area contributed by atoms with Crippen LogP contribution in [-0.4, -0.2) is 7.05 Å². The summed E-state index contributed by atoms with van der Waals surface area (Å²) in [7, 11) is 1.76. The van der Waals surface area contributed by atoms with E-state index in [2.05, 4.69) is 5.32 Å². The van der Waals surface area contributed by atoms with Crippen molar-refractivity contribution in [1.82, 2.24) is 5.32 Å². The Bertz CT molecular complexity index is 494. The van der Waals surface area contributed by atoms with Crippen LogP contribution < -0.4 is 5.32 Å². The summed E-state index contributed by atoms with van der Waals surface area (Å²) in [5.74, 6) is -1.11. The number of hydrogen-bond acceptors (Lipinski definition) is 2. The maximum atomic E-state index is 13.5. The second-order valence-electron chi connectivity index (χ2n) is 3.39. The third kappa shape index (κ3) is 1.84. The Kier molecular flexibility index (Phi) is 3.01. The van der Waals surface area contributed by atoms with Gasteiger partial charge in [0.1, 0.15) is 5.76 Å². The molecule has 1 N–H and O–H groups in total. The number of furan rings is 1.